The molecule has 4 N–H and O–H groups in total. The van der Waals surface area contributed by atoms with Gasteiger partial charge in [0.05, 0.1) is 15.6 Å². The van der Waals surface area contributed by atoms with Crippen LogP contribution in [-0.2, 0) is 10.0 Å². The molecule has 0 saturated heterocycles. The highest BCUT2D eigenvalue weighted by Crippen LogP contribution is 2.28. The third-order valence-electron chi connectivity index (χ3n) is 2.76. The number of hydrazine groups is 1. The minimum atomic E-state index is -3.85. The maximum atomic E-state index is 12.3. The summed E-state index contributed by atoms with van der Waals surface area (Å²) in [5.74, 6) is 4.33. The van der Waals surface area contributed by atoms with Gasteiger partial charge in [0.25, 0.3) is 5.91 Å². The van der Waals surface area contributed by atoms with Gasteiger partial charge in [-0.25, -0.2) is 19.0 Å². The van der Waals surface area contributed by atoms with E-state index in [4.69, 9.17) is 29.0 Å². The molecule has 0 heterocycles. The molecule has 0 fully saturated rings. The monoisotopic (exact) mass is 353 g/mol. The topological polar surface area (TPSA) is 101 Å². The quantitative estimate of drug-likeness (QED) is 0.413. The molecule has 1 unspecified atom stereocenters. The second kappa shape index (κ2) is 7.42. The van der Waals surface area contributed by atoms with Crippen LogP contribution >= 0.6 is 23.2 Å². The van der Waals surface area contributed by atoms with Gasteiger partial charge >= 0.3 is 0 Å². The molecule has 21 heavy (non-hydrogen) atoms. The Morgan fingerprint density at radius 2 is 1.95 bits per heavy atom. The Kier molecular flexibility index (Phi) is 6.42. The van der Waals surface area contributed by atoms with E-state index in [2.05, 4.69) is 4.72 Å². The Morgan fingerprint density at radius 3 is 2.48 bits per heavy atom. The van der Waals surface area contributed by atoms with E-state index in [1.165, 1.54) is 6.07 Å². The van der Waals surface area contributed by atoms with Gasteiger partial charge in [-0.3, -0.25) is 10.2 Å². The van der Waals surface area contributed by atoms with E-state index in [9.17, 15) is 13.2 Å². The summed E-state index contributed by atoms with van der Waals surface area (Å²) in [6.07, 6.45) is 1.51. The normalized spacial score (nSPS) is 13.0. The first-order valence-corrected chi connectivity index (χ1v) is 8.49. The van der Waals surface area contributed by atoms with Crippen LogP contribution in [0.25, 0.3) is 0 Å². The van der Waals surface area contributed by atoms with Crippen molar-refractivity contribution in [3.63, 3.8) is 0 Å². The van der Waals surface area contributed by atoms with Crippen molar-refractivity contribution in [3.8, 4) is 0 Å². The van der Waals surface area contributed by atoms with Gasteiger partial charge in [-0.1, -0.05) is 36.5 Å². The van der Waals surface area contributed by atoms with Crippen molar-refractivity contribution >= 4 is 39.1 Å². The van der Waals surface area contributed by atoms with Crippen LogP contribution in [0.5, 0.6) is 0 Å². The molecule has 0 aromatic heterocycles. The first-order valence-electron chi connectivity index (χ1n) is 6.25. The first kappa shape index (κ1) is 18.2. The predicted octanol–water partition coefficient (Wildman–Crippen LogP) is 2.06. The van der Waals surface area contributed by atoms with Gasteiger partial charge in [-0.05, 0) is 25.5 Å². The van der Waals surface area contributed by atoms with E-state index in [1.807, 2.05) is 12.3 Å². The smallest absolute Gasteiger partial charge is 0.266 e. The van der Waals surface area contributed by atoms with Crippen LogP contribution in [-0.4, -0.2) is 20.4 Å². The molecular weight excluding hydrogens is 337 g/mol. The fraction of sp³-hybridized carbons (Fsp3) is 0.417. The van der Waals surface area contributed by atoms with Gasteiger partial charge < -0.3 is 0 Å². The number of nitrogen functional groups attached to an aromatic ring is 1. The van der Waals surface area contributed by atoms with Crippen molar-refractivity contribution < 1.29 is 13.2 Å². The molecule has 1 aromatic carbocycles. The average molecular weight is 354 g/mol. The Balaban J connectivity index is 3.26. The highest BCUT2D eigenvalue weighted by Gasteiger charge is 2.23. The summed E-state index contributed by atoms with van der Waals surface area (Å²) in [5.41, 5.74) is 1.84. The van der Waals surface area contributed by atoms with Crippen LogP contribution in [0.1, 0.15) is 37.0 Å². The molecule has 1 rings (SSSR count). The largest absolute Gasteiger partial charge is 0.290 e. The molecule has 0 aliphatic heterocycles. The molecule has 0 aliphatic carbocycles. The standard InChI is InChI=1S/C12H17Cl2N3O3S/c1-3-4-7(2)17-21(19,20)11-5-8(12(18)16-15)9(13)6-10(11)14/h5-7,17H,3-4,15H2,1-2H3,(H,16,18). The Morgan fingerprint density at radius 1 is 1.33 bits per heavy atom. The van der Waals surface area contributed by atoms with E-state index < -0.39 is 15.9 Å². The van der Waals surface area contributed by atoms with Crippen LogP contribution < -0.4 is 16.0 Å². The fourth-order valence-corrected chi connectivity index (χ4v) is 3.94. The van der Waals surface area contributed by atoms with Gasteiger partial charge in [-0.15, -0.1) is 0 Å². The summed E-state index contributed by atoms with van der Waals surface area (Å²) in [6, 6.07) is 2.05. The Labute approximate surface area is 134 Å². The van der Waals surface area contributed by atoms with Crippen LogP contribution in [0, 0.1) is 0 Å². The second-order valence-corrected chi connectivity index (χ2v) is 7.04. The number of halogens is 2. The van der Waals surface area contributed by atoms with Crippen molar-refractivity contribution in [1.82, 2.24) is 10.1 Å². The molecule has 118 valence electrons. The second-order valence-electron chi connectivity index (χ2n) is 4.55. The summed E-state index contributed by atoms with van der Waals surface area (Å²) in [7, 11) is -3.85. The molecule has 0 saturated carbocycles. The Hall–Kier alpha value is -0.860. The minimum Gasteiger partial charge on any atom is -0.290 e. The number of amides is 1. The zero-order chi connectivity index (χ0) is 16.2. The van der Waals surface area contributed by atoms with Crippen LogP contribution in [0.4, 0.5) is 0 Å². The molecule has 6 nitrogen and oxygen atoms in total. The summed E-state index contributed by atoms with van der Waals surface area (Å²) < 4.78 is 27.1. The number of hydrogen-bond acceptors (Lipinski definition) is 4. The summed E-state index contributed by atoms with van der Waals surface area (Å²) in [6.45, 7) is 3.70. The number of benzene rings is 1. The molecule has 1 amide bonds. The zero-order valence-corrected chi connectivity index (χ0v) is 13.9. The lowest BCUT2D eigenvalue weighted by Gasteiger charge is -2.15. The van der Waals surface area contributed by atoms with Gasteiger partial charge in [0.1, 0.15) is 4.90 Å². The highest BCUT2D eigenvalue weighted by molar-refractivity contribution is 7.89. The van der Waals surface area contributed by atoms with Crippen LogP contribution in [0.3, 0.4) is 0 Å². The highest BCUT2D eigenvalue weighted by atomic mass is 35.5. The number of carbonyl (C=O) groups excluding carboxylic acids is 1. The molecule has 0 radical (unpaired) electrons. The third-order valence-corrected chi connectivity index (χ3v) is 5.13. The molecule has 9 heteroatoms. The van der Waals surface area contributed by atoms with Gasteiger partial charge in [0, 0.05) is 6.04 Å². The minimum absolute atomic E-state index is 0.0171. The number of sulfonamides is 1. The maximum Gasteiger partial charge on any atom is 0.266 e. The van der Waals surface area contributed by atoms with Gasteiger partial charge in [-0.2, -0.15) is 0 Å². The third kappa shape index (κ3) is 4.55. The SMILES string of the molecule is CCCC(C)NS(=O)(=O)c1cc(C(=O)NN)c(Cl)cc1Cl. The predicted molar refractivity (Wildman–Crippen MR) is 82.8 cm³/mol. The molecule has 1 aromatic rings. The average Bonchev–Trinajstić information content (AvgIpc) is 2.37. The van der Waals surface area contributed by atoms with Crippen molar-refractivity contribution in [2.75, 3.05) is 0 Å². The van der Waals surface area contributed by atoms with Crippen molar-refractivity contribution in [2.24, 2.45) is 5.84 Å². The Bertz CT molecular complexity index is 635. The summed E-state index contributed by atoms with van der Waals surface area (Å²) >= 11 is 11.8. The van der Waals surface area contributed by atoms with Crippen LogP contribution in [0.15, 0.2) is 17.0 Å². The molecule has 0 bridgehead atoms. The number of rotatable bonds is 6. The van der Waals surface area contributed by atoms with Crippen LogP contribution in [0.2, 0.25) is 10.0 Å². The summed E-state index contributed by atoms with van der Waals surface area (Å²) in [5, 5.41) is -0.0479. The number of hydrogen-bond donors (Lipinski definition) is 3. The lowest BCUT2D eigenvalue weighted by molar-refractivity contribution is 0.0953. The van der Waals surface area contributed by atoms with Gasteiger partial charge in [0.2, 0.25) is 10.0 Å². The number of nitrogens with two attached hydrogens (primary N) is 1. The van der Waals surface area contributed by atoms with Gasteiger partial charge in [0.15, 0.2) is 0 Å². The lowest BCUT2D eigenvalue weighted by atomic mass is 10.2. The first-order chi connectivity index (χ1) is 9.72. The molecular formula is C12H17Cl2N3O3S. The van der Waals surface area contributed by atoms with E-state index in [0.717, 1.165) is 12.5 Å². The van der Waals surface area contributed by atoms with Crippen molar-refractivity contribution in [1.29, 1.82) is 0 Å². The molecule has 0 aliphatic rings. The van der Waals surface area contributed by atoms with E-state index in [-0.39, 0.29) is 26.5 Å². The molecule has 1 atom stereocenters. The zero-order valence-electron chi connectivity index (χ0n) is 11.6. The van der Waals surface area contributed by atoms with E-state index in [1.54, 1.807) is 6.92 Å². The lowest BCUT2D eigenvalue weighted by Crippen LogP contribution is -2.33. The van der Waals surface area contributed by atoms with E-state index in [0.29, 0.717) is 6.42 Å². The molecule has 0 spiro atoms. The maximum absolute atomic E-state index is 12.3. The number of carbonyl (C=O) groups is 1. The fourth-order valence-electron chi connectivity index (χ4n) is 1.81. The summed E-state index contributed by atoms with van der Waals surface area (Å²) in [4.78, 5) is 11.4. The van der Waals surface area contributed by atoms with Crippen molar-refractivity contribution in [3.05, 3.63) is 27.7 Å². The van der Waals surface area contributed by atoms with E-state index >= 15 is 0 Å². The number of nitrogens with one attached hydrogen (secondary N) is 2. The van der Waals surface area contributed by atoms with Crippen molar-refractivity contribution in [2.45, 2.75) is 37.6 Å².